The lowest BCUT2D eigenvalue weighted by atomic mass is 10.1. The van der Waals surface area contributed by atoms with E-state index in [2.05, 4.69) is 11.6 Å². The Morgan fingerprint density at radius 2 is 1.70 bits per heavy atom. The third kappa shape index (κ3) is 6.72. The number of rotatable bonds is 11. The molecule has 0 aliphatic rings. The quantitative estimate of drug-likeness (QED) is 0.610. The molecule has 6 heteroatoms. The van der Waals surface area contributed by atoms with Gasteiger partial charge in [0.05, 0.1) is 0 Å². The average Bonchev–Trinajstić information content (AvgIpc) is 2.84. The lowest BCUT2D eigenvalue weighted by Gasteiger charge is -2.04. The van der Waals surface area contributed by atoms with E-state index < -0.39 is 10.0 Å². The first-order valence-electron chi connectivity index (χ1n) is 7.40. The third-order valence-corrected chi connectivity index (χ3v) is 6.10. The highest BCUT2D eigenvalue weighted by molar-refractivity contribution is 7.91. The largest absolute Gasteiger partial charge is 0.398 e. The van der Waals surface area contributed by atoms with Gasteiger partial charge in [0, 0.05) is 17.6 Å². The Bertz CT molecular complexity index is 469. The van der Waals surface area contributed by atoms with Crippen molar-refractivity contribution in [2.75, 3.05) is 12.3 Å². The number of hydrogen-bond donors (Lipinski definition) is 2. The van der Waals surface area contributed by atoms with Gasteiger partial charge in [0.2, 0.25) is 10.0 Å². The van der Waals surface area contributed by atoms with E-state index in [4.69, 9.17) is 5.73 Å². The Labute approximate surface area is 126 Å². The van der Waals surface area contributed by atoms with Crippen LogP contribution in [0.15, 0.2) is 15.7 Å². The van der Waals surface area contributed by atoms with E-state index in [1.165, 1.54) is 44.6 Å². The average molecular weight is 319 g/mol. The number of thiophene rings is 1. The van der Waals surface area contributed by atoms with Gasteiger partial charge in [-0.2, -0.15) is 0 Å². The smallest absolute Gasteiger partial charge is 0.250 e. The molecule has 0 radical (unpaired) electrons. The molecule has 0 amide bonds. The Morgan fingerprint density at radius 1 is 1.10 bits per heavy atom. The van der Waals surface area contributed by atoms with E-state index in [0.717, 1.165) is 24.2 Å². The summed E-state index contributed by atoms with van der Waals surface area (Å²) in [6, 6.07) is 1.50. The Morgan fingerprint density at radius 3 is 2.25 bits per heavy atom. The molecule has 0 aliphatic heterocycles. The molecule has 0 fully saturated rings. The summed E-state index contributed by atoms with van der Waals surface area (Å²) >= 11 is 1.16. The Kier molecular flexibility index (Phi) is 8.18. The van der Waals surface area contributed by atoms with Gasteiger partial charge in [-0.05, 0) is 12.5 Å². The Hall–Kier alpha value is -0.590. The number of sulfonamides is 1. The molecule has 0 bridgehead atoms. The highest BCUT2D eigenvalue weighted by atomic mass is 32.2. The second kappa shape index (κ2) is 9.37. The predicted molar refractivity (Wildman–Crippen MR) is 86.5 cm³/mol. The summed E-state index contributed by atoms with van der Waals surface area (Å²) < 4.78 is 26.7. The second-order valence-corrected chi connectivity index (χ2v) is 7.98. The first-order chi connectivity index (χ1) is 9.56. The van der Waals surface area contributed by atoms with Crippen molar-refractivity contribution < 1.29 is 8.42 Å². The molecule has 0 saturated carbocycles. The minimum atomic E-state index is -3.36. The van der Waals surface area contributed by atoms with E-state index >= 15 is 0 Å². The molecular formula is C14H26N2O2S2. The lowest BCUT2D eigenvalue weighted by molar-refractivity contribution is 0.560. The van der Waals surface area contributed by atoms with Gasteiger partial charge >= 0.3 is 0 Å². The normalized spacial score (nSPS) is 11.8. The maximum atomic E-state index is 11.9. The van der Waals surface area contributed by atoms with Crippen LogP contribution in [0.1, 0.15) is 58.3 Å². The van der Waals surface area contributed by atoms with E-state index in [1.54, 1.807) is 5.38 Å². The summed E-state index contributed by atoms with van der Waals surface area (Å²) in [5.74, 6) is 0. The molecule has 1 heterocycles. The van der Waals surface area contributed by atoms with Crippen molar-refractivity contribution in [1.82, 2.24) is 4.72 Å². The van der Waals surface area contributed by atoms with Crippen molar-refractivity contribution >= 4 is 27.0 Å². The van der Waals surface area contributed by atoms with Gasteiger partial charge < -0.3 is 5.73 Å². The predicted octanol–water partition coefficient (Wildman–Crippen LogP) is 3.75. The van der Waals surface area contributed by atoms with Crippen LogP contribution in [0.4, 0.5) is 5.69 Å². The molecule has 0 aliphatic carbocycles. The second-order valence-electron chi connectivity index (χ2n) is 5.07. The fourth-order valence-corrected chi connectivity index (χ4v) is 4.21. The molecule has 0 unspecified atom stereocenters. The van der Waals surface area contributed by atoms with Crippen molar-refractivity contribution in [3.63, 3.8) is 0 Å². The summed E-state index contributed by atoms with van der Waals surface area (Å²) in [5.41, 5.74) is 6.04. The highest BCUT2D eigenvalue weighted by Gasteiger charge is 2.15. The summed E-state index contributed by atoms with van der Waals surface area (Å²) in [6.45, 7) is 2.72. The molecule has 3 N–H and O–H groups in total. The zero-order chi connectivity index (χ0) is 14.8. The van der Waals surface area contributed by atoms with Crippen LogP contribution in [0.5, 0.6) is 0 Å². The molecule has 0 spiro atoms. The summed E-state index contributed by atoms with van der Waals surface area (Å²) in [6.07, 6.45) is 9.65. The fraction of sp³-hybridized carbons (Fsp3) is 0.714. The number of nitrogens with one attached hydrogen (secondary N) is 1. The van der Waals surface area contributed by atoms with Gasteiger partial charge in [-0.25, -0.2) is 13.1 Å². The number of nitrogens with two attached hydrogens (primary N) is 1. The first kappa shape index (κ1) is 17.5. The van der Waals surface area contributed by atoms with Crippen LogP contribution in [0.25, 0.3) is 0 Å². The summed E-state index contributed by atoms with van der Waals surface area (Å²) in [7, 11) is -3.36. The molecule has 0 atom stereocenters. The van der Waals surface area contributed by atoms with Crippen LogP contribution in [0.2, 0.25) is 0 Å². The molecular weight excluding hydrogens is 292 g/mol. The molecule has 116 valence electrons. The van der Waals surface area contributed by atoms with Gasteiger partial charge in [0.15, 0.2) is 0 Å². The zero-order valence-electron chi connectivity index (χ0n) is 12.2. The maximum absolute atomic E-state index is 11.9. The monoisotopic (exact) mass is 318 g/mol. The van der Waals surface area contributed by atoms with Gasteiger partial charge in [-0.1, -0.05) is 51.9 Å². The van der Waals surface area contributed by atoms with Gasteiger partial charge in [-0.3, -0.25) is 0 Å². The standard InChI is InChI=1S/C14H26N2O2S2/c1-2-3-4-5-6-7-8-9-10-16-20(17,18)14-11-13(15)12-19-14/h11-12,16H,2-10,15H2,1H3. The van der Waals surface area contributed by atoms with Gasteiger partial charge in [0.1, 0.15) is 4.21 Å². The first-order valence-corrected chi connectivity index (χ1v) is 9.76. The molecule has 1 rings (SSSR count). The number of nitrogen functional groups attached to an aromatic ring is 1. The van der Waals surface area contributed by atoms with E-state index in [-0.39, 0.29) is 0 Å². The van der Waals surface area contributed by atoms with Crippen molar-refractivity contribution in [2.24, 2.45) is 0 Å². The van der Waals surface area contributed by atoms with Crippen molar-refractivity contribution in [1.29, 1.82) is 0 Å². The van der Waals surface area contributed by atoms with Crippen LogP contribution in [-0.4, -0.2) is 15.0 Å². The minimum absolute atomic E-state index is 0.301. The van der Waals surface area contributed by atoms with Crippen LogP contribution in [0.3, 0.4) is 0 Å². The summed E-state index contributed by atoms with van der Waals surface area (Å²) in [5, 5.41) is 1.64. The number of anilines is 1. The van der Waals surface area contributed by atoms with E-state index in [0.29, 0.717) is 16.4 Å². The molecule has 4 nitrogen and oxygen atoms in total. The minimum Gasteiger partial charge on any atom is -0.398 e. The van der Waals surface area contributed by atoms with Crippen molar-refractivity contribution in [3.8, 4) is 0 Å². The summed E-state index contributed by atoms with van der Waals surface area (Å²) in [4.78, 5) is 0. The SMILES string of the molecule is CCCCCCCCCCNS(=O)(=O)c1cc(N)cs1. The maximum Gasteiger partial charge on any atom is 0.250 e. The molecule has 0 saturated heterocycles. The van der Waals surface area contributed by atoms with Crippen LogP contribution < -0.4 is 10.5 Å². The van der Waals surface area contributed by atoms with Crippen LogP contribution >= 0.6 is 11.3 Å². The topological polar surface area (TPSA) is 72.2 Å². The highest BCUT2D eigenvalue weighted by Crippen LogP contribution is 2.21. The van der Waals surface area contributed by atoms with Crippen molar-refractivity contribution in [3.05, 3.63) is 11.4 Å². The number of hydrogen-bond acceptors (Lipinski definition) is 4. The number of unbranched alkanes of at least 4 members (excludes halogenated alkanes) is 7. The van der Waals surface area contributed by atoms with Gasteiger partial charge in [0.25, 0.3) is 0 Å². The van der Waals surface area contributed by atoms with Crippen molar-refractivity contribution in [2.45, 2.75) is 62.5 Å². The lowest BCUT2D eigenvalue weighted by Crippen LogP contribution is -2.23. The molecule has 0 aromatic carbocycles. The molecule has 1 aromatic rings. The fourth-order valence-electron chi connectivity index (χ4n) is 2.01. The van der Waals surface area contributed by atoms with E-state index in [9.17, 15) is 8.42 Å². The molecule has 20 heavy (non-hydrogen) atoms. The molecule has 1 aromatic heterocycles. The Balaban J connectivity index is 2.09. The van der Waals surface area contributed by atoms with Crippen LogP contribution in [-0.2, 0) is 10.0 Å². The zero-order valence-corrected chi connectivity index (χ0v) is 13.9. The third-order valence-electron chi connectivity index (χ3n) is 3.18. The van der Waals surface area contributed by atoms with Crippen LogP contribution in [0, 0.1) is 0 Å². The van der Waals surface area contributed by atoms with E-state index in [1.807, 2.05) is 0 Å². The van der Waals surface area contributed by atoms with Gasteiger partial charge in [-0.15, -0.1) is 11.3 Å².